The second kappa shape index (κ2) is 6.20. The maximum atomic E-state index is 5.87. The number of hydrogen-bond donors (Lipinski definition) is 2. The van der Waals surface area contributed by atoms with Crippen LogP contribution in [0.4, 0.5) is 5.82 Å². The van der Waals surface area contributed by atoms with Crippen LogP contribution >= 0.6 is 24.0 Å². The van der Waals surface area contributed by atoms with Crippen molar-refractivity contribution in [3.8, 4) is 0 Å². The minimum Gasteiger partial charge on any atom is -0.389 e. The lowest BCUT2D eigenvalue weighted by Gasteiger charge is -2.15. The van der Waals surface area contributed by atoms with Crippen LogP contribution in [0.3, 0.4) is 0 Å². The van der Waals surface area contributed by atoms with E-state index in [1.165, 1.54) is 19.3 Å². The van der Waals surface area contributed by atoms with Crippen LogP contribution in [-0.2, 0) is 0 Å². The molecule has 0 amide bonds. The zero-order chi connectivity index (χ0) is 14.8. The Hall–Kier alpha value is -1.33. The predicted molar refractivity (Wildman–Crippen MR) is 96.2 cm³/mol. The van der Waals surface area contributed by atoms with Gasteiger partial charge in [0.25, 0.3) is 0 Å². The Bertz CT molecular complexity index is 672. The molecule has 21 heavy (non-hydrogen) atoms. The number of nitrogens with two attached hydrogens (primary N) is 1. The Kier molecular flexibility index (Phi) is 4.31. The lowest BCUT2D eigenvalue weighted by Crippen LogP contribution is -2.18. The van der Waals surface area contributed by atoms with E-state index in [2.05, 4.69) is 11.6 Å². The smallest absolute Gasteiger partial charge is 0.127 e. The topological polar surface area (TPSA) is 50.9 Å². The van der Waals surface area contributed by atoms with Crippen molar-refractivity contribution in [3.05, 3.63) is 35.9 Å². The van der Waals surface area contributed by atoms with Crippen LogP contribution in [-0.4, -0.2) is 27.5 Å². The van der Waals surface area contributed by atoms with E-state index >= 15 is 0 Å². The maximum absolute atomic E-state index is 5.87. The number of hydrogen-bond acceptors (Lipinski definition) is 4. The number of aromatic nitrogens is 1. The summed E-state index contributed by atoms with van der Waals surface area (Å²) in [6.45, 7) is 0. The van der Waals surface area contributed by atoms with Crippen molar-refractivity contribution < 1.29 is 0 Å². The van der Waals surface area contributed by atoms with Gasteiger partial charge in [-0.2, -0.15) is 11.8 Å². The van der Waals surface area contributed by atoms with E-state index in [0.717, 1.165) is 27.5 Å². The van der Waals surface area contributed by atoms with Gasteiger partial charge < -0.3 is 11.1 Å². The number of fused-ring (bicyclic) bond motifs is 1. The summed E-state index contributed by atoms with van der Waals surface area (Å²) in [6, 6.07) is 10.5. The second-order valence-electron chi connectivity index (χ2n) is 5.45. The summed E-state index contributed by atoms with van der Waals surface area (Å²) in [5, 5.41) is 5.33. The molecule has 1 aliphatic rings. The number of rotatable bonds is 4. The van der Waals surface area contributed by atoms with E-state index in [1.54, 1.807) is 0 Å². The molecule has 0 bridgehead atoms. The van der Waals surface area contributed by atoms with Gasteiger partial charge in [0.2, 0.25) is 0 Å². The predicted octanol–water partition coefficient (Wildman–Crippen LogP) is 3.57. The molecule has 1 heterocycles. The minimum absolute atomic E-state index is 0.421. The Balaban J connectivity index is 1.91. The zero-order valence-electron chi connectivity index (χ0n) is 12.0. The monoisotopic (exact) mass is 317 g/mol. The molecule has 0 aliphatic heterocycles. The number of thioether (sulfide) groups is 1. The molecular formula is C16H19N3S2. The average Bonchev–Trinajstić information content (AvgIpc) is 2.94. The molecule has 2 aromatic rings. The molecule has 0 saturated heterocycles. The van der Waals surface area contributed by atoms with E-state index in [0.29, 0.717) is 11.0 Å². The maximum Gasteiger partial charge on any atom is 0.127 e. The largest absolute Gasteiger partial charge is 0.389 e. The van der Waals surface area contributed by atoms with Crippen LogP contribution in [0.15, 0.2) is 30.3 Å². The van der Waals surface area contributed by atoms with Crippen molar-refractivity contribution in [2.24, 2.45) is 5.73 Å². The number of thiocarbonyl (C=S) groups is 1. The molecule has 1 saturated carbocycles. The fourth-order valence-electron chi connectivity index (χ4n) is 2.95. The van der Waals surface area contributed by atoms with Gasteiger partial charge in [0.05, 0.1) is 5.52 Å². The Morgan fingerprint density at radius 1 is 1.38 bits per heavy atom. The minimum atomic E-state index is 0.421. The highest BCUT2D eigenvalue weighted by atomic mass is 32.2. The molecule has 1 aromatic heterocycles. The third-order valence-electron chi connectivity index (χ3n) is 4.05. The van der Waals surface area contributed by atoms with Crippen LogP contribution in [0.25, 0.3) is 10.9 Å². The molecule has 0 spiro atoms. The fourth-order valence-corrected chi connectivity index (χ4v) is 3.91. The van der Waals surface area contributed by atoms with Gasteiger partial charge >= 0.3 is 0 Å². The average molecular weight is 317 g/mol. The standard InChI is InChI=1S/C16H19N3S2/c1-21-11-7-6-10(8-11)18-15-9-13(16(17)20)12-4-2-3-5-14(12)19-15/h2-5,9-11H,6-8H2,1H3,(H2,17,20)(H,18,19). The van der Waals surface area contributed by atoms with Crippen molar-refractivity contribution in [2.75, 3.05) is 11.6 Å². The number of para-hydroxylation sites is 1. The second-order valence-corrected chi connectivity index (χ2v) is 7.03. The van der Waals surface area contributed by atoms with Gasteiger partial charge in [-0.15, -0.1) is 0 Å². The molecule has 3 nitrogen and oxygen atoms in total. The first-order chi connectivity index (χ1) is 10.2. The van der Waals surface area contributed by atoms with Crippen molar-refractivity contribution in [1.29, 1.82) is 0 Å². The molecule has 2 unspecified atom stereocenters. The zero-order valence-corrected chi connectivity index (χ0v) is 13.6. The summed E-state index contributed by atoms with van der Waals surface area (Å²) < 4.78 is 0. The molecular weight excluding hydrogens is 298 g/mol. The molecule has 110 valence electrons. The van der Waals surface area contributed by atoms with Gasteiger partial charge in [-0.3, -0.25) is 0 Å². The van der Waals surface area contributed by atoms with E-state index < -0.39 is 0 Å². The summed E-state index contributed by atoms with van der Waals surface area (Å²) in [4.78, 5) is 5.12. The van der Waals surface area contributed by atoms with Crippen molar-refractivity contribution in [3.63, 3.8) is 0 Å². The van der Waals surface area contributed by atoms with Gasteiger partial charge in [0, 0.05) is 22.2 Å². The summed E-state index contributed by atoms with van der Waals surface area (Å²) in [5.41, 5.74) is 7.71. The van der Waals surface area contributed by atoms with Crippen LogP contribution in [0, 0.1) is 0 Å². The SMILES string of the molecule is CSC1CCC(Nc2cc(C(N)=S)c3ccccc3n2)C1. The molecule has 3 N–H and O–H groups in total. The van der Waals surface area contributed by atoms with Gasteiger partial charge in [-0.1, -0.05) is 30.4 Å². The summed E-state index contributed by atoms with van der Waals surface area (Å²) in [6.07, 6.45) is 5.85. The van der Waals surface area contributed by atoms with E-state index in [9.17, 15) is 0 Å². The number of nitrogens with one attached hydrogen (secondary N) is 1. The Morgan fingerprint density at radius 2 is 2.19 bits per heavy atom. The quantitative estimate of drug-likeness (QED) is 0.844. The van der Waals surface area contributed by atoms with Gasteiger partial charge in [-0.05, 0) is 37.7 Å². The molecule has 1 aliphatic carbocycles. The Morgan fingerprint density at radius 3 is 2.90 bits per heavy atom. The molecule has 3 rings (SSSR count). The molecule has 1 fully saturated rings. The van der Waals surface area contributed by atoms with Crippen LogP contribution in [0.1, 0.15) is 24.8 Å². The summed E-state index contributed by atoms with van der Waals surface area (Å²) >= 11 is 7.14. The van der Waals surface area contributed by atoms with Crippen molar-refractivity contribution in [1.82, 2.24) is 4.98 Å². The lowest BCUT2D eigenvalue weighted by atomic mass is 10.1. The van der Waals surface area contributed by atoms with Gasteiger partial charge in [0.15, 0.2) is 0 Å². The molecule has 5 heteroatoms. The van der Waals surface area contributed by atoms with Gasteiger partial charge in [-0.25, -0.2) is 4.98 Å². The van der Waals surface area contributed by atoms with E-state index in [1.807, 2.05) is 42.1 Å². The van der Waals surface area contributed by atoms with E-state index in [4.69, 9.17) is 22.9 Å². The first-order valence-corrected chi connectivity index (χ1v) is 8.86. The number of pyridine rings is 1. The number of nitrogens with zero attached hydrogens (tertiary/aromatic N) is 1. The van der Waals surface area contributed by atoms with Crippen molar-refractivity contribution in [2.45, 2.75) is 30.6 Å². The number of anilines is 1. The lowest BCUT2D eigenvalue weighted by molar-refractivity contribution is 0.753. The number of benzene rings is 1. The Labute approximate surface area is 134 Å². The van der Waals surface area contributed by atoms with Crippen LogP contribution < -0.4 is 11.1 Å². The highest BCUT2D eigenvalue weighted by Gasteiger charge is 2.24. The normalized spacial score (nSPS) is 21.6. The van der Waals surface area contributed by atoms with Crippen molar-refractivity contribution >= 4 is 45.7 Å². The van der Waals surface area contributed by atoms with Crippen LogP contribution in [0.5, 0.6) is 0 Å². The molecule has 2 atom stereocenters. The third-order valence-corrected chi connectivity index (χ3v) is 5.37. The highest BCUT2D eigenvalue weighted by molar-refractivity contribution is 7.99. The van der Waals surface area contributed by atoms with Crippen LogP contribution in [0.2, 0.25) is 0 Å². The first-order valence-electron chi connectivity index (χ1n) is 7.16. The molecule has 0 radical (unpaired) electrons. The van der Waals surface area contributed by atoms with E-state index in [-0.39, 0.29) is 0 Å². The molecule has 1 aromatic carbocycles. The summed E-state index contributed by atoms with van der Waals surface area (Å²) in [7, 11) is 0. The highest BCUT2D eigenvalue weighted by Crippen LogP contribution is 2.30. The fraction of sp³-hybridized carbons (Fsp3) is 0.375. The third kappa shape index (κ3) is 3.14. The first kappa shape index (κ1) is 14.6. The summed E-state index contributed by atoms with van der Waals surface area (Å²) in [5.74, 6) is 0.878. The van der Waals surface area contributed by atoms with Gasteiger partial charge in [0.1, 0.15) is 10.8 Å².